The second kappa shape index (κ2) is 4.79. The fourth-order valence-electron chi connectivity index (χ4n) is 1.38. The van der Waals surface area contributed by atoms with Gasteiger partial charge in [0.2, 0.25) is 0 Å². The zero-order chi connectivity index (χ0) is 11.6. The Morgan fingerprint density at radius 2 is 2.27 bits per heavy atom. The van der Waals surface area contributed by atoms with Crippen molar-refractivity contribution in [3.63, 3.8) is 0 Å². The molecule has 3 N–H and O–H groups in total. The van der Waals surface area contributed by atoms with Crippen LogP contribution in [0.5, 0.6) is 5.75 Å². The second-order valence-electron chi connectivity index (χ2n) is 3.19. The molecule has 1 aromatic carbocycles. The summed E-state index contributed by atoms with van der Waals surface area (Å²) in [4.78, 5) is 0. The van der Waals surface area contributed by atoms with Crippen LogP contribution in [0.25, 0.3) is 0 Å². The number of benzene rings is 1. The summed E-state index contributed by atoms with van der Waals surface area (Å²) < 4.78 is 18.7. The van der Waals surface area contributed by atoms with Gasteiger partial charge in [-0.15, -0.1) is 0 Å². The summed E-state index contributed by atoms with van der Waals surface area (Å²) in [6, 6.07) is 1.45. The third kappa shape index (κ3) is 2.22. The molecule has 0 saturated heterocycles. The van der Waals surface area contributed by atoms with Gasteiger partial charge in [-0.25, -0.2) is 4.39 Å². The van der Waals surface area contributed by atoms with Crippen LogP contribution in [0.2, 0.25) is 5.02 Å². The summed E-state index contributed by atoms with van der Waals surface area (Å²) in [5.41, 5.74) is 5.65. The number of ether oxygens (including phenoxy) is 1. The number of aryl methyl sites for hydroxylation is 1. The normalized spacial score (nSPS) is 12.7. The molecule has 0 bridgehead atoms. The van der Waals surface area contributed by atoms with Crippen molar-refractivity contribution in [3.05, 3.63) is 28.0 Å². The van der Waals surface area contributed by atoms with Crippen LogP contribution in [0.4, 0.5) is 4.39 Å². The van der Waals surface area contributed by atoms with E-state index in [0.717, 1.165) is 0 Å². The molecule has 1 atom stereocenters. The minimum atomic E-state index is -1.11. The van der Waals surface area contributed by atoms with Gasteiger partial charge in [0.05, 0.1) is 23.8 Å². The van der Waals surface area contributed by atoms with E-state index in [0.29, 0.717) is 5.56 Å². The molecule has 0 saturated carbocycles. The Morgan fingerprint density at radius 1 is 1.67 bits per heavy atom. The van der Waals surface area contributed by atoms with Crippen molar-refractivity contribution in [1.29, 1.82) is 0 Å². The lowest BCUT2D eigenvalue weighted by Crippen LogP contribution is -2.15. The van der Waals surface area contributed by atoms with Gasteiger partial charge in [-0.3, -0.25) is 0 Å². The maximum absolute atomic E-state index is 13.7. The van der Waals surface area contributed by atoms with E-state index in [1.54, 1.807) is 6.92 Å². The molecule has 0 spiro atoms. The molecule has 1 aromatic rings. The summed E-state index contributed by atoms with van der Waals surface area (Å²) in [5, 5.41) is 9.83. The molecule has 1 unspecified atom stereocenters. The first kappa shape index (κ1) is 12.2. The number of hydrogen-bond acceptors (Lipinski definition) is 3. The minimum Gasteiger partial charge on any atom is -0.495 e. The first-order valence-electron chi connectivity index (χ1n) is 4.43. The number of halogens is 2. The number of nitrogens with two attached hydrogens (primary N) is 1. The fourth-order valence-corrected chi connectivity index (χ4v) is 1.73. The van der Waals surface area contributed by atoms with Gasteiger partial charge in [-0.2, -0.15) is 0 Å². The van der Waals surface area contributed by atoms with Crippen LogP contribution in [-0.4, -0.2) is 18.8 Å². The molecule has 0 radical (unpaired) electrons. The Labute approximate surface area is 92.6 Å². The molecule has 84 valence electrons. The first-order valence-corrected chi connectivity index (χ1v) is 4.81. The molecule has 0 aliphatic rings. The molecule has 0 aromatic heterocycles. The van der Waals surface area contributed by atoms with E-state index < -0.39 is 11.9 Å². The number of methoxy groups -OCH3 is 1. The van der Waals surface area contributed by atoms with Gasteiger partial charge in [0, 0.05) is 6.54 Å². The quantitative estimate of drug-likeness (QED) is 0.837. The number of rotatable bonds is 3. The van der Waals surface area contributed by atoms with E-state index in [9.17, 15) is 9.50 Å². The molecular formula is C10H13ClFNO2. The largest absolute Gasteiger partial charge is 0.495 e. The van der Waals surface area contributed by atoms with Gasteiger partial charge in [-0.05, 0) is 18.6 Å². The summed E-state index contributed by atoms with van der Waals surface area (Å²) in [6.07, 6.45) is -1.11. The van der Waals surface area contributed by atoms with Crippen LogP contribution in [-0.2, 0) is 0 Å². The minimum absolute atomic E-state index is 0.0185. The molecule has 0 heterocycles. The van der Waals surface area contributed by atoms with E-state index in [1.165, 1.54) is 13.2 Å². The van der Waals surface area contributed by atoms with Crippen LogP contribution in [0.1, 0.15) is 17.2 Å². The van der Waals surface area contributed by atoms with Crippen LogP contribution in [0, 0.1) is 12.7 Å². The zero-order valence-corrected chi connectivity index (χ0v) is 9.31. The Hall–Kier alpha value is -0.840. The predicted octanol–water partition coefficient (Wildman–Crippen LogP) is 1.79. The number of aliphatic hydroxyl groups excluding tert-OH is 1. The molecule has 0 aliphatic carbocycles. The molecule has 0 aliphatic heterocycles. The monoisotopic (exact) mass is 233 g/mol. The van der Waals surface area contributed by atoms with Crippen molar-refractivity contribution < 1.29 is 14.2 Å². The molecular weight excluding hydrogens is 221 g/mol. The standard InChI is InChI=1S/C10H13ClFNO2/c1-5-3-6(11)10(15-2)8(9(5)12)7(14)4-13/h3,7,14H,4,13H2,1-2H3. The van der Waals surface area contributed by atoms with E-state index in [-0.39, 0.29) is 22.9 Å². The van der Waals surface area contributed by atoms with Crippen LogP contribution < -0.4 is 10.5 Å². The van der Waals surface area contributed by atoms with Gasteiger partial charge in [0.1, 0.15) is 11.6 Å². The second-order valence-corrected chi connectivity index (χ2v) is 3.59. The maximum atomic E-state index is 13.7. The van der Waals surface area contributed by atoms with E-state index in [4.69, 9.17) is 22.1 Å². The van der Waals surface area contributed by atoms with E-state index in [2.05, 4.69) is 0 Å². The average Bonchev–Trinajstić information content (AvgIpc) is 2.21. The number of hydrogen-bond donors (Lipinski definition) is 2. The molecule has 5 heteroatoms. The van der Waals surface area contributed by atoms with Crippen molar-refractivity contribution in [2.45, 2.75) is 13.0 Å². The summed E-state index contributed by atoms with van der Waals surface area (Å²) in [7, 11) is 1.36. The smallest absolute Gasteiger partial charge is 0.146 e. The van der Waals surface area contributed by atoms with E-state index >= 15 is 0 Å². The number of aliphatic hydroxyl groups is 1. The maximum Gasteiger partial charge on any atom is 0.146 e. The highest BCUT2D eigenvalue weighted by molar-refractivity contribution is 6.32. The van der Waals surface area contributed by atoms with Crippen molar-refractivity contribution in [2.75, 3.05) is 13.7 Å². The Bertz CT molecular complexity index is 371. The van der Waals surface area contributed by atoms with Gasteiger partial charge in [0.15, 0.2) is 0 Å². The highest BCUT2D eigenvalue weighted by Crippen LogP contribution is 2.36. The highest BCUT2D eigenvalue weighted by atomic mass is 35.5. The van der Waals surface area contributed by atoms with Gasteiger partial charge >= 0.3 is 0 Å². The predicted molar refractivity (Wildman–Crippen MR) is 56.7 cm³/mol. The highest BCUT2D eigenvalue weighted by Gasteiger charge is 2.21. The van der Waals surface area contributed by atoms with Crippen molar-refractivity contribution in [1.82, 2.24) is 0 Å². The molecule has 0 fully saturated rings. The Kier molecular flexibility index (Phi) is 3.90. The SMILES string of the molecule is COc1c(Cl)cc(C)c(F)c1C(O)CN. The lowest BCUT2D eigenvalue weighted by atomic mass is 10.0. The third-order valence-corrected chi connectivity index (χ3v) is 2.43. The lowest BCUT2D eigenvalue weighted by Gasteiger charge is -2.16. The Balaban J connectivity index is 3.43. The molecule has 0 amide bonds. The van der Waals surface area contributed by atoms with Crippen LogP contribution >= 0.6 is 11.6 Å². The van der Waals surface area contributed by atoms with E-state index in [1.807, 2.05) is 0 Å². The van der Waals surface area contributed by atoms with Gasteiger partial charge < -0.3 is 15.6 Å². The molecule has 1 rings (SSSR count). The lowest BCUT2D eigenvalue weighted by molar-refractivity contribution is 0.176. The summed E-state index contributed by atoms with van der Waals surface area (Å²) in [5.74, 6) is -0.396. The first-order chi connectivity index (χ1) is 7.02. The zero-order valence-electron chi connectivity index (χ0n) is 8.55. The summed E-state index contributed by atoms with van der Waals surface area (Å²) in [6.45, 7) is 1.47. The van der Waals surface area contributed by atoms with Crippen molar-refractivity contribution in [2.24, 2.45) is 5.73 Å². The topological polar surface area (TPSA) is 55.5 Å². The van der Waals surface area contributed by atoms with Crippen LogP contribution in [0.15, 0.2) is 6.07 Å². The van der Waals surface area contributed by atoms with Crippen molar-refractivity contribution in [3.8, 4) is 5.75 Å². The van der Waals surface area contributed by atoms with Gasteiger partial charge in [-0.1, -0.05) is 11.6 Å². The van der Waals surface area contributed by atoms with Crippen molar-refractivity contribution >= 4 is 11.6 Å². The van der Waals surface area contributed by atoms with Gasteiger partial charge in [0.25, 0.3) is 0 Å². The molecule has 3 nitrogen and oxygen atoms in total. The molecule has 15 heavy (non-hydrogen) atoms. The average molecular weight is 234 g/mol. The Morgan fingerprint density at radius 3 is 2.73 bits per heavy atom. The fraction of sp³-hybridized carbons (Fsp3) is 0.400. The third-order valence-electron chi connectivity index (χ3n) is 2.15. The van der Waals surface area contributed by atoms with Crippen LogP contribution in [0.3, 0.4) is 0 Å². The summed E-state index contributed by atoms with van der Waals surface area (Å²) >= 11 is 5.86.